The molecule has 1 aromatic rings. The van der Waals surface area contributed by atoms with Gasteiger partial charge in [0.15, 0.2) is 0 Å². The predicted molar refractivity (Wildman–Crippen MR) is 69.1 cm³/mol. The van der Waals surface area contributed by atoms with Gasteiger partial charge in [0.05, 0.1) is 11.7 Å². The van der Waals surface area contributed by atoms with E-state index in [4.69, 9.17) is 4.74 Å². The van der Waals surface area contributed by atoms with E-state index in [9.17, 15) is 9.50 Å². The lowest BCUT2D eigenvalue weighted by Gasteiger charge is -2.37. The van der Waals surface area contributed by atoms with Crippen LogP contribution < -0.4 is 0 Å². The van der Waals surface area contributed by atoms with Crippen molar-refractivity contribution in [3.63, 3.8) is 0 Å². The Kier molecular flexibility index (Phi) is 4.03. The first-order valence-corrected chi connectivity index (χ1v) is 6.61. The summed E-state index contributed by atoms with van der Waals surface area (Å²) in [6.07, 6.45) is 2.80. The molecule has 0 bridgehead atoms. The maximum absolute atomic E-state index is 13.3. The molecule has 2 atom stereocenters. The van der Waals surface area contributed by atoms with E-state index in [0.717, 1.165) is 17.5 Å². The molecule has 0 spiro atoms. The summed E-state index contributed by atoms with van der Waals surface area (Å²) in [7, 11) is 0. The first-order chi connectivity index (χ1) is 8.52. The summed E-state index contributed by atoms with van der Waals surface area (Å²) in [5.41, 5.74) is 1.18. The molecule has 0 aliphatic carbocycles. The average molecular weight is 252 g/mol. The molecule has 100 valence electrons. The highest BCUT2D eigenvalue weighted by molar-refractivity contribution is 5.28. The van der Waals surface area contributed by atoms with Crippen molar-refractivity contribution in [1.29, 1.82) is 0 Å². The van der Waals surface area contributed by atoms with Gasteiger partial charge < -0.3 is 9.84 Å². The fraction of sp³-hybridized carbons (Fsp3) is 0.600. The van der Waals surface area contributed by atoms with Crippen molar-refractivity contribution in [2.24, 2.45) is 0 Å². The molecular weight excluding hydrogens is 231 g/mol. The van der Waals surface area contributed by atoms with Crippen LogP contribution >= 0.6 is 0 Å². The zero-order valence-electron chi connectivity index (χ0n) is 11.1. The molecule has 2 nitrogen and oxygen atoms in total. The smallest absolute Gasteiger partial charge is 0.123 e. The molecule has 1 fully saturated rings. The Balaban J connectivity index is 2.14. The molecule has 1 aliphatic heterocycles. The number of ether oxygens (including phenoxy) is 1. The zero-order chi connectivity index (χ0) is 13.2. The Morgan fingerprint density at radius 2 is 2.28 bits per heavy atom. The van der Waals surface area contributed by atoms with Crippen molar-refractivity contribution in [2.45, 2.75) is 51.2 Å². The van der Waals surface area contributed by atoms with Gasteiger partial charge in [0, 0.05) is 19.4 Å². The average Bonchev–Trinajstić information content (AvgIpc) is 2.33. The van der Waals surface area contributed by atoms with Crippen LogP contribution in [0.2, 0.25) is 0 Å². The highest BCUT2D eigenvalue weighted by atomic mass is 19.1. The van der Waals surface area contributed by atoms with Gasteiger partial charge >= 0.3 is 0 Å². The molecule has 3 heteroatoms. The van der Waals surface area contributed by atoms with Gasteiger partial charge in [-0.25, -0.2) is 4.39 Å². The third-order valence-corrected chi connectivity index (χ3v) is 3.81. The zero-order valence-corrected chi connectivity index (χ0v) is 11.1. The van der Waals surface area contributed by atoms with E-state index >= 15 is 0 Å². The van der Waals surface area contributed by atoms with E-state index in [2.05, 4.69) is 6.92 Å². The van der Waals surface area contributed by atoms with Crippen LogP contribution in [0, 0.1) is 12.7 Å². The summed E-state index contributed by atoms with van der Waals surface area (Å²) in [6.45, 7) is 4.60. The van der Waals surface area contributed by atoms with E-state index in [1.807, 2.05) is 6.92 Å². The minimum Gasteiger partial charge on any atom is -0.389 e. The molecule has 2 unspecified atom stereocenters. The molecule has 1 heterocycles. The van der Waals surface area contributed by atoms with Crippen LogP contribution in [0.1, 0.15) is 37.3 Å². The van der Waals surface area contributed by atoms with Crippen LogP contribution in [0.15, 0.2) is 18.2 Å². The van der Waals surface area contributed by atoms with Gasteiger partial charge in [-0.1, -0.05) is 13.0 Å². The van der Waals surface area contributed by atoms with Crippen LogP contribution in [0.4, 0.5) is 4.39 Å². The molecule has 1 N–H and O–H groups in total. The second kappa shape index (κ2) is 5.37. The van der Waals surface area contributed by atoms with Crippen LogP contribution in [-0.4, -0.2) is 23.4 Å². The fourth-order valence-electron chi connectivity index (χ4n) is 2.61. The topological polar surface area (TPSA) is 29.5 Å². The maximum Gasteiger partial charge on any atom is 0.123 e. The van der Waals surface area contributed by atoms with Crippen molar-refractivity contribution >= 4 is 0 Å². The van der Waals surface area contributed by atoms with Crippen molar-refractivity contribution in [1.82, 2.24) is 0 Å². The van der Waals surface area contributed by atoms with Crippen LogP contribution in [0.5, 0.6) is 0 Å². The molecule has 0 amide bonds. The molecule has 1 aliphatic rings. The Morgan fingerprint density at radius 3 is 3.00 bits per heavy atom. The van der Waals surface area contributed by atoms with E-state index in [0.29, 0.717) is 25.9 Å². The quantitative estimate of drug-likeness (QED) is 0.896. The van der Waals surface area contributed by atoms with Crippen LogP contribution in [0.25, 0.3) is 0 Å². The summed E-state index contributed by atoms with van der Waals surface area (Å²) in [5.74, 6) is -0.238. The molecule has 1 saturated heterocycles. The van der Waals surface area contributed by atoms with Crippen molar-refractivity contribution in [3.05, 3.63) is 35.1 Å². The highest BCUT2D eigenvalue weighted by Crippen LogP contribution is 2.30. The van der Waals surface area contributed by atoms with Gasteiger partial charge in [-0.3, -0.25) is 0 Å². The van der Waals surface area contributed by atoms with Gasteiger partial charge in [0.25, 0.3) is 0 Å². The van der Waals surface area contributed by atoms with Crippen molar-refractivity contribution in [3.8, 4) is 0 Å². The Morgan fingerprint density at radius 1 is 1.50 bits per heavy atom. The van der Waals surface area contributed by atoms with E-state index < -0.39 is 5.60 Å². The third kappa shape index (κ3) is 3.09. The molecule has 1 aromatic carbocycles. The normalized spacial score (nSPS) is 28.3. The lowest BCUT2D eigenvalue weighted by atomic mass is 9.83. The molecule has 18 heavy (non-hydrogen) atoms. The second-order valence-electron chi connectivity index (χ2n) is 5.33. The number of hydrogen-bond acceptors (Lipinski definition) is 2. The molecule has 0 saturated carbocycles. The first-order valence-electron chi connectivity index (χ1n) is 6.61. The van der Waals surface area contributed by atoms with Crippen molar-refractivity contribution in [2.75, 3.05) is 6.61 Å². The second-order valence-corrected chi connectivity index (χ2v) is 5.33. The summed E-state index contributed by atoms with van der Waals surface area (Å²) < 4.78 is 18.8. The van der Waals surface area contributed by atoms with E-state index in [1.54, 1.807) is 6.07 Å². The molecule has 0 radical (unpaired) electrons. The maximum atomic E-state index is 13.3. The number of hydrogen-bond donors (Lipinski definition) is 1. The van der Waals surface area contributed by atoms with E-state index in [-0.39, 0.29) is 11.9 Å². The largest absolute Gasteiger partial charge is 0.389 e. The summed E-state index contributed by atoms with van der Waals surface area (Å²) in [4.78, 5) is 0. The Bertz CT molecular complexity index is 419. The summed E-state index contributed by atoms with van der Waals surface area (Å²) >= 11 is 0. The predicted octanol–water partition coefficient (Wildman–Crippen LogP) is 3.00. The van der Waals surface area contributed by atoms with Gasteiger partial charge in [-0.15, -0.1) is 0 Å². The van der Waals surface area contributed by atoms with E-state index in [1.165, 1.54) is 12.1 Å². The van der Waals surface area contributed by atoms with Crippen LogP contribution in [-0.2, 0) is 11.2 Å². The first kappa shape index (κ1) is 13.5. The van der Waals surface area contributed by atoms with Gasteiger partial charge in [0.1, 0.15) is 5.82 Å². The van der Waals surface area contributed by atoms with Gasteiger partial charge in [-0.2, -0.15) is 0 Å². The molecule has 2 rings (SSSR count). The number of halogens is 1. The van der Waals surface area contributed by atoms with Gasteiger partial charge in [0.2, 0.25) is 0 Å². The third-order valence-electron chi connectivity index (χ3n) is 3.81. The number of aryl methyl sites for hydroxylation is 1. The fourth-order valence-corrected chi connectivity index (χ4v) is 2.61. The number of rotatable bonds is 3. The number of benzene rings is 1. The Hall–Kier alpha value is -0.930. The number of aliphatic hydroxyl groups is 1. The SMILES string of the molecule is CCC1CC(O)(Cc2cc(F)ccc2C)CCO1. The summed E-state index contributed by atoms with van der Waals surface area (Å²) in [6, 6.07) is 4.76. The lowest BCUT2D eigenvalue weighted by Crippen LogP contribution is -2.42. The summed E-state index contributed by atoms with van der Waals surface area (Å²) in [5, 5.41) is 10.6. The minimum absolute atomic E-state index is 0.123. The highest BCUT2D eigenvalue weighted by Gasteiger charge is 2.34. The molecular formula is C15H21FO2. The van der Waals surface area contributed by atoms with Gasteiger partial charge in [-0.05, 0) is 43.0 Å². The van der Waals surface area contributed by atoms with Crippen molar-refractivity contribution < 1.29 is 14.2 Å². The standard InChI is InChI=1S/C15H21FO2/c1-3-14-10-15(17,6-7-18-14)9-12-8-13(16)5-4-11(12)2/h4-5,8,14,17H,3,6-7,9-10H2,1-2H3. The molecule has 0 aromatic heterocycles. The van der Waals surface area contributed by atoms with Crippen LogP contribution in [0.3, 0.4) is 0 Å². The minimum atomic E-state index is -0.752. The lowest BCUT2D eigenvalue weighted by molar-refractivity contribution is -0.103. The monoisotopic (exact) mass is 252 g/mol. The Labute approximate surface area is 108 Å².